The summed E-state index contributed by atoms with van der Waals surface area (Å²) in [6, 6.07) is 13.5. The normalized spacial score (nSPS) is 10.8. The number of fused-ring (bicyclic) bond motifs is 1. The summed E-state index contributed by atoms with van der Waals surface area (Å²) in [7, 11) is 0. The molecule has 3 nitrogen and oxygen atoms in total. The smallest absolute Gasteiger partial charge is 0.220 e. The van der Waals surface area contributed by atoms with Crippen LogP contribution in [0.3, 0.4) is 0 Å². The maximum Gasteiger partial charge on any atom is 0.220 e. The number of hydrogen-bond donors (Lipinski definition) is 1. The molecule has 0 radical (unpaired) electrons. The molecule has 0 aliphatic carbocycles. The van der Waals surface area contributed by atoms with E-state index in [-0.39, 0.29) is 17.3 Å². The van der Waals surface area contributed by atoms with Gasteiger partial charge in [0.1, 0.15) is 5.69 Å². The maximum absolute atomic E-state index is 14.2. The zero-order valence-corrected chi connectivity index (χ0v) is 10.4. The summed E-state index contributed by atoms with van der Waals surface area (Å²) in [6.07, 6.45) is 0. The molecule has 0 fully saturated rings. The third-order valence-corrected chi connectivity index (χ3v) is 3.08. The fourth-order valence-electron chi connectivity index (χ4n) is 2.19. The zero-order valence-electron chi connectivity index (χ0n) is 10.4. The van der Waals surface area contributed by atoms with Gasteiger partial charge in [0, 0.05) is 5.56 Å². The Kier molecular flexibility index (Phi) is 2.63. The van der Waals surface area contributed by atoms with Crippen LogP contribution in [-0.2, 0) is 0 Å². The van der Waals surface area contributed by atoms with Gasteiger partial charge in [-0.2, -0.15) is 0 Å². The van der Waals surface area contributed by atoms with E-state index in [0.29, 0.717) is 0 Å². The highest BCUT2D eigenvalue weighted by Crippen LogP contribution is 2.29. The van der Waals surface area contributed by atoms with Crippen molar-refractivity contribution < 1.29 is 4.39 Å². The Morgan fingerprint density at radius 3 is 2.58 bits per heavy atom. The Balaban J connectivity index is 2.37. The largest absolute Gasteiger partial charge is 0.368 e. The first-order valence-corrected chi connectivity index (χ1v) is 5.94. The van der Waals surface area contributed by atoms with Gasteiger partial charge in [0.05, 0.1) is 5.69 Å². The van der Waals surface area contributed by atoms with Crippen LogP contribution in [0.4, 0.5) is 10.3 Å². The second-order valence-electron chi connectivity index (χ2n) is 4.36. The molecule has 1 aromatic heterocycles. The summed E-state index contributed by atoms with van der Waals surface area (Å²) < 4.78 is 14.2. The minimum Gasteiger partial charge on any atom is -0.368 e. The molecule has 0 bridgehead atoms. The lowest BCUT2D eigenvalue weighted by molar-refractivity contribution is 0.607. The van der Waals surface area contributed by atoms with Crippen molar-refractivity contribution in [1.82, 2.24) is 9.97 Å². The standard InChI is InChI=1S/C15H12FN3/c1-9-13(16)14(19-15(17)18-9)12-8-4-6-10-5-2-3-7-11(10)12/h2-8H,1H3,(H2,17,18,19). The highest BCUT2D eigenvalue weighted by atomic mass is 19.1. The quantitative estimate of drug-likeness (QED) is 0.723. The molecule has 94 valence electrons. The first kappa shape index (κ1) is 11.6. The lowest BCUT2D eigenvalue weighted by Gasteiger charge is -2.09. The fourth-order valence-corrected chi connectivity index (χ4v) is 2.19. The van der Waals surface area contributed by atoms with Gasteiger partial charge in [0.25, 0.3) is 0 Å². The van der Waals surface area contributed by atoms with Gasteiger partial charge in [-0.15, -0.1) is 0 Å². The zero-order chi connectivity index (χ0) is 13.4. The molecular formula is C15H12FN3. The molecule has 0 amide bonds. The number of aryl methyl sites for hydroxylation is 1. The molecule has 1 heterocycles. The average molecular weight is 253 g/mol. The molecule has 0 unspecified atom stereocenters. The predicted octanol–water partition coefficient (Wildman–Crippen LogP) is 3.33. The molecule has 0 atom stereocenters. The Hall–Kier alpha value is -2.49. The van der Waals surface area contributed by atoms with Crippen LogP contribution in [0.25, 0.3) is 22.0 Å². The average Bonchev–Trinajstić information content (AvgIpc) is 2.42. The van der Waals surface area contributed by atoms with Crippen LogP contribution < -0.4 is 5.73 Å². The predicted molar refractivity (Wildman–Crippen MR) is 74.1 cm³/mol. The molecule has 2 aromatic carbocycles. The van der Waals surface area contributed by atoms with Gasteiger partial charge >= 0.3 is 0 Å². The Labute approximate surface area is 109 Å². The third-order valence-electron chi connectivity index (χ3n) is 3.08. The van der Waals surface area contributed by atoms with Gasteiger partial charge in [0.15, 0.2) is 5.82 Å². The number of nitrogens with two attached hydrogens (primary N) is 1. The van der Waals surface area contributed by atoms with E-state index in [1.807, 2.05) is 42.5 Å². The number of hydrogen-bond acceptors (Lipinski definition) is 3. The number of benzene rings is 2. The van der Waals surface area contributed by atoms with E-state index < -0.39 is 5.82 Å². The molecule has 4 heteroatoms. The number of rotatable bonds is 1. The van der Waals surface area contributed by atoms with Crippen LogP contribution in [0.2, 0.25) is 0 Å². The van der Waals surface area contributed by atoms with Gasteiger partial charge in [-0.05, 0) is 17.7 Å². The molecule has 19 heavy (non-hydrogen) atoms. The highest BCUT2D eigenvalue weighted by molar-refractivity contribution is 5.96. The molecule has 0 aliphatic rings. The van der Waals surface area contributed by atoms with E-state index in [4.69, 9.17) is 5.73 Å². The van der Waals surface area contributed by atoms with Gasteiger partial charge in [-0.25, -0.2) is 14.4 Å². The summed E-state index contributed by atoms with van der Waals surface area (Å²) in [4.78, 5) is 7.88. The molecule has 3 aromatic rings. The van der Waals surface area contributed by atoms with Crippen LogP contribution in [-0.4, -0.2) is 9.97 Å². The lowest BCUT2D eigenvalue weighted by atomic mass is 10.0. The molecule has 0 aliphatic heterocycles. The molecule has 0 saturated carbocycles. The first-order valence-electron chi connectivity index (χ1n) is 5.94. The van der Waals surface area contributed by atoms with Gasteiger partial charge in [-0.3, -0.25) is 0 Å². The van der Waals surface area contributed by atoms with Crippen molar-refractivity contribution >= 4 is 16.7 Å². The molecule has 2 N–H and O–H groups in total. The van der Waals surface area contributed by atoms with E-state index in [9.17, 15) is 4.39 Å². The van der Waals surface area contributed by atoms with E-state index in [2.05, 4.69) is 9.97 Å². The van der Waals surface area contributed by atoms with Crippen molar-refractivity contribution in [2.24, 2.45) is 0 Å². The minimum atomic E-state index is -0.425. The van der Waals surface area contributed by atoms with Crippen molar-refractivity contribution in [3.8, 4) is 11.3 Å². The highest BCUT2D eigenvalue weighted by Gasteiger charge is 2.14. The monoisotopic (exact) mass is 253 g/mol. The van der Waals surface area contributed by atoms with Crippen LogP contribution in [0.15, 0.2) is 42.5 Å². The Morgan fingerprint density at radius 1 is 1.00 bits per heavy atom. The van der Waals surface area contributed by atoms with Crippen molar-refractivity contribution in [1.29, 1.82) is 0 Å². The number of nitrogens with zero attached hydrogens (tertiary/aromatic N) is 2. The second kappa shape index (κ2) is 4.31. The Morgan fingerprint density at radius 2 is 1.74 bits per heavy atom. The molecule has 0 spiro atoms. The number of aromatic nitrogens is 2. The fraction of sp³-hybridized carbons (Fsp3) is 0.0667. The van der Waals surface area contributed by atoms with E-state index in [1.165, 1.54) is 0 Å². The van der Waals surface area contributed by atoms with Gasteiger partial charge in [-0.1, -0.05) is 42.5 Å². The van der Waals surface area contributed by atoms with Crippen molar-refractivity contribution in [2.45, 2.75) is 6.92 Å². The first-order chi connectivity index (χ1) is 9.16. The Bertz CT molecular complexity index is 763. The number of nitrogen functional groups attached to an aromatic ring is 1. The van der Waals surface area contributed by atoms with Crippen LogP contribution >= 0.6 is 0 Å². The van der Waals surface area contributed by atoms with Gasteiger partial charge in [0.2, 0.25) is 5.95 Å². The molecular weight excluding hydrogens is 241 g/mol. The summed E-state index contributed by atoms with van der Waals surface area (Å²) in [5.74, 6) is -0.340. The van der Waals surface area contributed by atoms with E-state index in [0.717, 1.165) is 16.3 Å². The molecule has 3 rings (SSSR count). The summed E-state index contributed by atoms with van der Waals surface area (Å²) >= 11 is 0. The van der Waals surface area contributed by atoms with Crippen molar-refractivity contribution in [2.75, 3.05) is 5.73 Å². The minimum absolute atomic E-state index is 0.0850. The number of anilines is 1. The summed E-state index contributed by atoms with van der Waals surface area (Å²) in [5, 5.41) is 1.98. The van der Waals surface area contributed by atoms with Crippen molar-refractivity contribution in [3.05, 3.63) is 54.0 Å². The maximum atomic E-state index is 14.2. The summed E-state index contributed by atoms with van der Waals surface area (Å²) in [6.45, 7) is 1.59. The van der Waals surface area contributed by atoms with Gasteiger partial charge < -0.3 is 5.73 Å². The topological polar surface area (TPSA) is 51.8 Å². The number of halogens is 1. The van der Waals surface area contributed by atoms with Crippen LogP contribution in [0.1, 0.15) is 5.69 Å². The molecule has 0 saturated heterocycles. The van der Waals surface area contributed by atoms with Crippen LogP contribution in [0, 0.1) is 12.7 Å². The lowest BCUT2D eigenvalue weighted by Crippen LogP contribution is -2.03. The second-order valence-corrected chi connectivity index (χ2v) is 4.36. The van der Waals surface area contributed by atoms with E-state index in [1.54, 1.807) is 6.92 Å². The third kappa shape index (κ3) is 1.91. The van der Waals surface area contributed by atoms with E-state index >= 15 is 0 Å². The summed E-state index contributed by atoms with van der Waals surface area (Å²) in [5.41, 5.74) is 6.86. The van der Waals surface area contributed by atoms with Crippen molar-refractivity contribution in [3.63, 3.8) is 0 Å². The SMILES string of the molecule is Cc1nc(N)nc(-c2cccc3ccccc23)c1F. The van der Waals surface area contributed by atoms with Crippen LogP contribution in [0.5, 0.6) is 0 Å².